The summed E-state index contributed by atoms with van der Waals surface area (Å²) >= 11 is 5.01. The third-order valence-corrected chi connectivity index (χ3v) is 4.27. The van der Waals surface area contributed by atoms with Crippen molar-refractivity contribution >= 4 is 29.0 Å². The lowest BCUT2D eigenvalue weighted by atomic mass is 9.62. The number of carbonyl (C=O) groups is 2. The van der Waals surface area contributed by atoms with Crippen LogP contribution in [0.25, 0.3) is 0 Å². The van der Waals surface area contributed by atoms with E-state index in [1.807, 2.05) is 0 Å². The average molecular weight is 283 g/mol. The summed E-state index contributed by atoms with van der Waals surface area (Å²) in [5, 5.41) is 5.67. The van der Waals surface area contributed by atoms with Crippen LogP contribution < -0.4 is 16.4 Å². The van der Waals surface area contributed by atoms with E-state index >= 15 is 0 Å². The molecule has 0 aliphatic heterocycles. The van der Waals surface area contributed by atoms with Gasteiger partial charge in [0, 0.05) is 19.0 Å². The van der Waals surface area contributed by atoms with E-state index in [2.05, 4.69) is 17.6 Å². The molecule has 0 saturated heterocycles. The molecule has 0 aromatic heterocycles. The molecule has 2 aliphatic rings. The number of carbonyl (C=O) groups excluding carboxylic acids is 2. The molecule has 2 fully saturated rings. The first-order chi connectivity index (χ1) is 8.94. The minimum Gasteiger partial charge on any atom is -0.392 e. The Labute approximate surface area is 118 Å². The molecule has 106 valence electrons. The van der Waals surface area contributed by atoms with E-state index in [0.717, 1.165) is 12.8 Å². The van der Waals surface area contributed by atoms with Crippen molar-refractivity contribution in [2.45, 2.75) is 45.1 Å². The minimum absolute atomic E-state index is 0.00541. The number of hydrogen-bond donors (Lipinski definition) is 3. The summed E-state index contributed by atoms with van der Waals surface area (Å²) in [6.07, 6.45) is 3.87. The van der Waals surface area contributed by atoms with Crippen molar-refractivity contribution in [3.63, 3.8) is 0 Å². The van der Waals surface area contributed by atoms with Crippen molar-refractivity contribution in [1.82, 2.24) is 10.6 Å². The van der Waals surface area contributed by atoms with Crippen LogP contribution in [0.2, 0.25) is 0 Å². The second-order valence-corrected chi connectivity index (χ2v) is 6.25. The van der Waals surface area contributed by atoms with Crippen LogP contribution in [0.4, 0.5) is 0 Å². The van der Waals surface area contributed by atoms with Crippen LogP contribution in [0.3, 0.4) is 0 Å². The topological polar surface area (TPSA) is 84.2 Å². The van der Waals surface area contributed by atoms with Crippen molar-refractivity contribution in [3.8, 4) is 0 Å². The van der Waals surface area contributed by atoms with E-state index < -0.39 is 5.41 Å². The lowest BCUT2D eigenvalue weighted by Crippen LogP contribution is -2.56. The van der Waals surface area contributed by atoms with Crippen LogP contribution in [-0.4, -0.2) is 29.4 Å². The summed E-state index contributed by atoms with van der Waals surface area (Å²) < 4.78 is 0. The first-order valence-corrected chi connectivity index (χ1v) is 7.22. The molecular weight excluding hydrogens is 262 g/mol. The molecule has 4 N–H and O–H groups in total. The molecule has 5 nitrogen and oxygen atoms in total. The Morgan fingerprint density at radius 1 is 1.37 bits per heavy atom. The van der Waals surface area contributed by atoms with Gasteiger partial charge in [0.25, 0.3) is 0 Å². The average Bonchev–Trinajstić information content (AvgIpc) is 3.07. The molecule has 0 heterocycles. The fourth-order valence-electron chi connectivity index (χ4n) is 2.61. The van der Waals surface area contributed by atoms with Gasteiger partial charge in [-0.3, -0.25) is 9.59 Å². The maximum absolute atomic E-state index is 12.1. The van der Waals surface area contributed by atoms with Crippen LogP contribution in [0.15, 0.2) is 0 Å². The van der Waals surface area contributed by atoms with E-state index in [1.165, 1.54) is 0 Å². The Balaban J connectivity index is 1.73. The van der Waals surface area contributed by atoms with Gasteiger partial charge in [0.1, 0.15) is 0 Å². The Kier molecular flexibility index (Phi) is 4.08. The van der Waals surface area contributed by atoms with Crippen molar-refractivity contribution < 1.29 is 9.59 Å². The van der Waals surface area contributed by atoms with Gasteiger partial charge in [-0.15, -0.1) is 0 Å². The Hall–Kier alpha value is -1.17. The predicted octanol–water partition coefficient (Wildman–Crippen LogP) is 0.474. The van der Waals surface area contributed by atoms with Gasteiger partial charge in [-0.2, -0.15) is 0 Å². The van der Waals surface area contributed by atoms with E-state index in [1.54, 1.807) is 0 Å². The van der Waals surface area contributed by atoms with Crippen molar-refractivity contribution in [1.29, 1.82) is 0 Å². The quantitative estimate of drug-likeness (QED) is 0.619. The molecule has 0 bridgehead atoms. The van der Waals surface area contributed by atoms with E-state index in [0.29, 0.717) is 37.8 Å². The number of nitrogens with two attached hydrogens (primary N) is 1. The minimum atomic E-state index is -0.679. The fourth-order valence-corrected chi connectivity index (χ4v) is 2.87. The van der Waals surface area contributed by atoms with Crippen molar-refractivity contribution in [3.05, 3.63) is 0 Å². The maximum Gasteiger partial charge on any atom is 0.233 e. The highest BCUT2D eigenvalue weighted by Gasteiger charge is 2.50. The third kappa shape index (κ3) is 3.23. The molecular formula is C13H21N3O2S. The van der Waals surface area contributed by atoms with Crippen molar-refractivity contribution in [2.75, 3.05) is 6.54 Å². The number of amides is 2. The molecule has 2 amide bonds. The molecule has 2 saturated carbocycles. The number of thiocarbonyl (C=S) groups is 1. The monoisotopic (exact) mass is 283 g/mol. The van der Waals surface area contributed by atoms with E-state index in [-0.39, 0.29) is 16.8 Å². The first kappa shape index (κ1) is 14.2. The zero-order valence-electron chi connectivity index (χ0n) is 11.2. The fraction of sp³-hybridized carbons (Fsp3) is 0.769. The standard InChI is InChI=1S/C13H21N3O2S/c1-8-6-13(7-8,11(14)19)12(18)15-5-4-10(17)16-9-2-3-9/h8-9H,2-7H2,1H3,(H2,14,19)(H,15,18)(H,16,17). The van der Waals surface area contributed by atoms with Gasteiger partial charge in [0.05, 0.1) is 10.4 Å². The van der Waals surface area contributed by atoms with Gasteiger partial charge in [-0.05, 0) is 31.6 Å². The Morgan fingerprint density at radius 3 is 2.47 bits per heavy atom. The largest absolute Gasteiger partial charge is 0.392 e. The summed E-state index contributed by atoms with van der Waals surface area (Å²) in [5.41, 5.74) is 5.01. The second kappa shape index (κ2) is 5.45. The molecule has 0 aromatic rings. The van der Waals surface area contributed by atoms with Gasteiger partial charge in [0.15, 0.2) is 0 Å². The smallest absolute Gasteiger partial charge is 0.233 e. The Morgan fingerprint density at radius 2 is 2.00 bits per heavy atom. The second-order valence-electron chi connectivity index (χ2n) is 5.81. The SMILES string of the molecule is CC1CC(C(=O)NCCC(=O)NC2CC2)(C(N)=S)C1. The molecule has 0 radical (unpaired) electrons. The Bertz CT molecular complexity index is 401. The van der Waals surface area contributed by atoms with Crippen molar-refractivity contribution in [2.24, 2.45) is 17.1 Å². The summed E-state index contributed by atoms with van der Waals surface area (Å²) in [6.45, 7) is 2.42. The highest BCUT2D eigenvalue weighted by molar-refractivity contribution is 7.80. The molecule has 19 heavy (non-hydrogen) atoms. The molecule has 2 aliphatic carbocycles. The van der Waals surface area contributed by atoms with E-state index in [4.69, 9.17) is 18.0 Å². The molecule has 6 heteroatoms. The molecule has 0 aromatic carbocycles. The van der Waals surface area contributed by atoms with Gasteiger partial charge in [0.2, 0.25) is 11.8 Å². The number of nitrogens with one attached hydrogen (secondary N) is 2. The van der Waals surface area contributed by atoms with Crippen LogP contribution in [0, 0.1) is 11.3 Å². The zero-order valence-corrected chi connectivity index (χ0v) is 12.0. The third-order valence-electron chi connectivity index (χ3n) is 3.88. The zero-order chi connectivity index (χ0) is 14.0. The highest BCUT2D eigenvalue weighted by Crippen LogP contribution is 2.45. The van der Waals surface area contributed by atoms with Crippen LogP contribution in [0.1, 0.15) is 39.0 Å². The predicted molar refractivity (Wildman–Crippen MR) is 76.4 cm³/mol. The maximum atomic E-state index is 12.1. The molecule has 2 rings (SSSR count). The molecule has 0 spiro atoms. The van der Waals surface area contributed by atoms with Gasteiger partial charge < -0.3 is 16.4 Å². The summed E-state index contributed by atoms with van der Waals surface area (Å²) in [4.78, 5) is 23.9. The lowest BCUT2D eigenvalue weighted by Gasteiger charge is -2.44. The van der Waals surface area contributed by atoms with Crippen LogP contribution >= 0.6 is 12.2 Å². The van der Waals surface area contributed by atoms with Gasteiger partial charge in [-0.1, -0.05) is 19.1 Å². The summed E-state index contributed by atoms with van der Waals surface area (Å²) in [5.74, 6) is 0.344. The summed E-state index contributed by atoms with van der Waals surface area (Å²) in [6, 6.07) is 0.360. The molecule has 0 unspecified atom stereocenters. The highest BCUT2D eigenvalue weighted by atomic mass is 32.1. The van der Waals surface area contributed by atoms with E-state index in [9.17, 15) is 9.59 Å². The number of hydrogen-bond acceptors (Lipinski definition) is 3. The summed E-state index contributed by atoms with van der Waals surface area (Å²) in [7, 11) is 0. The first-order valence-electron chi connectivity index (χ1n) is 6.81. The van der Waals surface area contributed by atoms with Crippen LogP contribution in [-0.2, 0) is 9.59 Å². The van der Waals surface area contributed by atoms with Gasteiger partial charge in [-0.25, -0.2) is 0 Å². The molecule has 0 atom stereocenters. The normalized spacial score (nSPS) is 29.2. The number of rotatable bonds is 6. The van der Waals surface area contributed by atoms with Gasteiger partial charge >= 0.3 is 0 Å². The van der Waals surface area contributed by atoms with Crippen LogP contribution in [0.5, 0.6) is 0 Å². The lowest BCUT2D eigenvalue weighted by molar-refractivity contribution is -0.132.